The van der Waals surface area contributed by atoms with Gasteiger partial charge in [0.05, 0.1) is 21.6 Å². The standard InChI is InChI=1S/C23H23N3O4S/c1-23(2,3)30-22(29)24-15(20(27)28)13-17-19(14-9-5-4-6-10-14)25-21-26(17)16-11-7-8-12-18(16)31-21/h4-12,15H,13H2,1-3H3,(H,24,29)(H,27,28). The van der Waals surface area contributed by atoms with Crippen molar-refractivity contribution in [1.29, 1.82) is 0 Å². The topological polar surface area (TPSA) is 92.9 Å². The summed E-state index contributed by atoms with van der Waals surface area (Å²) in [6, 6.07) is 16.3. The summed E-state index contributed by atoms with van der Waals surface area (Å²) in [5.74, 6) is -1.14. The molecule has 0 fully saturated rings. The van der Waals surface area contributed by atoms with Crippen LogP contribution in [0.25, 0.3) is 26.4 Å². The van der Waals surface area contributed by atoms with Gasteiger partial charge >= 0.3 is 12.1 Å². The normalized spacial score (nSPS) is 12.7. The van der Waals surface area contributed by atoms with Gasteiger partial charge < -0.3 is 15.2 Å². The average molecular weight is 438 g/mol. The van der Waals surface area contributed by atoms with Crippen LogP contribution < -0.4 is 5.32 Å². The molecule has 2 N–H and O–H groups in total. The highest BCUT2D eigenvalue weighted by molar-refractivity contribution is 7.23. The lowest BCUT2D eigenvalue weighted by Gasteiger charge is -2.22. The van der Waals surface area contributed by atoms with E-state index in [0.717, 1.165) is 26.4 Å². The number of fused-ring (bicyclic) bond motifs is 3. The number of hydrogen-bond donors (Lipinski definition) is 2. The van der Waals surface area contributed by atoms with Crippen LogP contribution in [0.1, 0.15) is 26.5 Å². The number of ether oxygens (including phenoxy) is 1. The highest BCUT2D eigenvalue weighted by Gasteiger charge is 2.28. The third kappa shape index (κ3) is 4.39. The van der Waals surface area contributed by atoms with Crippen molar-refractivity contribution in [2.75, 3.05) is 0 Å². The Morgan fingerprint density at radius 3 is 2.48 bits per heavy atom. The number of carbonyl (C=O) groups is 2. The van der Waals surface area contributed by atoms with Crippen molar-refractivity contribution in [3.8, 4) is 11.3 Å². The number of nitrogens with zero attached hydrogens (tertiary/aromatic N) is 2. The van der Waals surface area contributed by atoms with Gasteiger partial charge in [0, 0.05) is 12.0 Å². The van der Waals surface area contributed by atoms with Gasteiger partial charge in [-0.1, -0.05) is 53.8 Å². The van der Waals surface area contributed by atoms with E-state index in [9.17, 15) is 14.7 Å². The Balaban J connectivity index is 1.80. The Kier molecular flexibility index (Phi) is 5.41. The summed E-state index contributed by atoms with van der Waals surface area (Å²) in [5.41, 5.74) is 2.54. The van der Waals surface area contributed by atoms with Crippen molar-refractivity contribution in [1.82, 2.24) is 14.7 Å². The molecule has 0 radical (unpaired) electrons. The molecule has 4 rings (SSSR count). The maximum atomic E-state index is 12.3. The number of imidazole rings is 1. The Morgan fingerprint density at radius 1 is 1.13 bits per heavy atom. The van der Waals surface area contributed by atoms with Gasteiger partial charge in [-0.05, 0) is 32.9 Å². The number of carbonyl (C=O) groups excluding carboxylic acids is 1. The second-order valence-electron chi connectivity index (χ2n) is 8.20. The number of alkyl carbamates (subject to hydrolysis) is 1. The van der Waals surface area contributed by atoms with Crippen LogP contribution in [0.3, 0.4) is 0 Å². The van der Waals surface area contributed by atoms with E-state index < -0.39 is 23.7 Å². The largest absolute Gasteiger partial charge is 0.480 e. The number of carboxylic acid groups (broad SMARTS) is 1. The van der Waals surface area contributed by atoms with E-state index in [2.05, 4.69) is 5.32 Å². The van der Waals surface area contributed by atoms with Crippen LogP contribution in [0.4, 0.5) is 4.79 Å². The molecule has 160 valence electrons. The fraction of sp³-hybridized carbons (Fsp3) is 0.261. The van der Waals surface area contributed by atoms with Crippen molar-refractivity contribution in [2.45, 2.75) is 38.8 Å². The van der Waals surface area contributed by atoms with Crippen LogP contribution >= 0.6 is 11.3 Å². The predicted octanol–water partition coefficient (Wildman–Crippen LogP) is 4.74. The molecule has 1 atom stereocenters. The van der Waals surface area contributed by atoms with Crippen LogP contribution in [-0.2, 0) is 16.0 Å². The SMILES string of the molecule is CC(C)(C)OC(=O)NC(Cc1c(-c2ccccc2)nc2sc3ccccc3n12)C(=O)O. The number of rotatable bonds is 5. The van der Waals surface area contributed by atoms with Gasteiger partial charge in [0.2, 0.25) is 0 Å². The molecule has 8 heteroatoms. The smallest absolute Gasteiger partial charge is 0.408 e. The van der Waals surface area contributed by atoms with E-state index in [1.807, 2.05) is 59.0 Å². The zero-order chi connectivity index (χ0) is 22.2. The number of nitrogens with one attached hydrogen (secondary N) is 1. The first-order valence-corrected chi connectivity index (χ1v) is 10.7. The third-order valence-corrected chi connectivity index (χ3v) is 5.70. The Morgan fingerprint density at radius 2 is 1.81 bits per heavy atom. The highest BCUT2D eigenvalue weighted by atomic mass is 32.1. The summed E-state index contributed by atoms with van der Waals surface area (Å²) in [7, 11) is 0. The first kappa shape index (κ1) is 20.9. The van der Waals surface area contributed by atoms with E-state index in [0.29, 0.717) is 5.69 Å². The predicted molar refractivity (Wildman–Crippen MR) is 121 cm³/mol. The van der Waals surface area contributed by atoms with Crippen molar-refractivity contribution in [2.24, 2.45) is 0 Å². The zero-order valence-electron chi connectivity index (χ0n) is 17.5. The summed E-state index contributed by atoms with van der Waals surface area (Å²) >= 11 is 1.54. The van der Waals surface area contributed by atoms with Crippen LogP contribution in [-0.4, -0.2) is 38.2 Å². The molecule has 4 aromatic rings. The number of carboxylic acids is 1. The van der Waals surface area contributed by atoms with Gasteiger partial charge in [0.15, 0.2) is 4.96 Å². The lowest BCUT2D eigenvalue weighted by molar-refractivity contribution is -0.139. The molecule has 1 unspecified atom stereocenters. The van der Waals surface area contributed by atoms with Crippen LogP contribution in [0, 0.1) is 0 Å². The van der Waals surface area contributed by atoms with Gasteiger partial charge in [0.25, 0.3) is 0 Å². The molecule has 31 heavy (non-hydrogen) atoms. The molecular formula is C23H23N3O4S. The molecular weight excluding hydrogens is 414 g/mol. The van der Waals surface area contributed by atoms with Crippen LogP contribution in [0.5, 0.6) is 0 Å². The van der Waals surface area contributed by atoms with Crippen LogP contribution in [0.2, 0.25) is 0 Å². The van der Waals surface area contributed by atoms with Crippen molar-refractivity contribution < 1.29 is 19.4 Å². The van der Waals surface area contributed by atoms with Crippen molar-refractivity contribution >= 4 is 38.6 Å². The van der Waals surface area contributed by atoms with Gasteiger partial charge in [-0.2, -0.15) is 0 Å². The fourth-order valence-corrected chi connectivity index (χ4v) is 4.48. The number of benzene rings is 2. The first-order chi connectivity index (χ1) is 14.7. The Hall–Kier alpha value is -3.39. The summed E-state index contributed by atoms with van der Waals surface area (Å²) in [4.78, 5) is 29.9. The molecule has 0 bridgehead atoms. The highest BCUT2D eigenvalue weighted by Crippen LogP contribution is 2.33. The summed E-state index contributed by atoms with van der Waals surface area (Å²) in [6.45, 7) is 5.19. The molecule has 0 spiro atoms. The Bertz CT molecular complexity index is 1250. The molecule has 2 aromatic heterocycles. The van der Waals surface area contributed by atoms with Gasteiger partial charge in [-0.15, -0.1) is 0 Å². The number of hydrogen-bond acceptors (Lipinski definition) is 5. The van der Waals surface area contributed by atoms with Gasteiger partial charge in [-0.25, -0.2) is 14.6 Å². The number of thiazole rings is 1. The average Bonchev–Trinajstić information content (AvgIpc) is 3.23. The summed E-state index contributed by atoms with van der Waals surface area (Å²) in [6.07, 6.45) is -0.710. The van der Waals surface area contributed by atoms with Crippen LogP contribution in [0.15, 0.2) is 54.6 Å². The molecule has 1 amide bonds. The molecule has 2 aromatic carbocycles. The minimum absolute atomic E-state index is 0.0562. The van der Waals surface area contributed by atoms with Gasteiger partial charge in [-0.3, -0.25) is 4.40 Å². The van der Waals surface area contributed by atoms with Gasteiger partial charge in [0.1, 0.15) is 11.6 Å². The molecule has 0 aliphatic carbocycles. The molecule has 0 saturated carbocycles. The van der Waals surface area contributed by atoms with E-state index >= 15 is 0 Å². The molecule has 7 nitrogen and oxygen atoms in total. The Labute approximate surface area is 183 Å². The summed E-state index contributed by atoms with van der Waals surface area (Å²) in [5, 5.41) is 12.3. The molecule has 0 aliphatic rings. The lowest BCUT2D eigenvalue weighted by Crippen LogP contribution is -2.44. The van der Waals surface area contributed by atoms with E-state index in [4.69, 9.17) is 9.72 Å². The summed E-state index contributed by atoms with van der Waals surface area (Å²) < 4.78 is 8.30. The number of aromatic nitrogens is 2. The minimum Gasteiger partial charge on any atom is -0.480 e. The van der Waals surface area contributed by atoms with E-state index in [1.54, 1.807) is 32.1 Å². The van der Waals surface area contributed by atoms with Crippen molar-refractivity contribution in [3.05, 3.63) is 60.3 Å². The second-order valence-corrected chi connectivity index (χ2v) is 9.21. The first-order valence-electron chi connectivity index (χ1n) is 9.89. The molecule has 0 saturated heterocycles. The zero-order valence-corrected chi connectivity index (χ0v) is 18.3. The van der Waals surface area contributed by atoms with Crippen molar-refractivity contribution in [3.63, 3.8) is 0 Å². The third-order valence-electron chi connectivity index (χ3n) is 4.68. The quantitative estimate of drug-likeness (QED) is 0.471. The molecule has 2 heterocycles. The molecule has 0 aliphatic heterocycles. The maximum absolute atomic E-state index is 12.3. The van der Waals surface area contributed by atoms with E-state index in [1.165, 1.54) is 0 Å². The lowest BCUT2D eigenvalue weighted by atomic mass is 10.0. The number of aliphatic carboxylic acids is 1. The number of amides is 1. The van der Waals surface area contributed by atoms with E-state index in [-0.39, 0.29) is 6.42 Å². The minimum atomic E-state index is -1.17. The number of para-hydroxylation sites is 1. The maximum Gasteiger partial charge on any atom is 0.408 e. The fourth-order valence-electron chi connectivity index (χ4n) is 3.43. The monoisotopic (exact) mass is 437 g/mol. The second kappa shape index (κ2) is 8.03.